The van der Waals surface area contributed by atoms with Crippen LogP contribution in [0.15, 0.2) is 30.5 Å². The highest BCUT2D eigenvalue weighted by atomic mass is 32.2. The fourth-order valence-electron chi connectivity index (χ4n) is 1.44. The average Bonchev–Trinajstić information content (AvgIpc) is 2.34. The van der Waals surface area contributed by atoms with Gasteiger partial charge < -0.3 is 4.74 Å². The Kier molecular flexibility index (Phi) is 5.71. The van der Waals surface area contributed by atoms with Gasteiger partial charge in [0, 0.05) is 12.7 Å². The summed E-state index contributed by atoms with van der Waals surface area (Å²) in [6.45, 7) is 4.45. The Morgan fingerprint density at radius 2 is 1.89 bits per heavy atom. The second-order valence-electron chi connectivity index (χ2n) is 4.34. The second kappa shape index (κ2) is 7.06. The van der Waals surface area contributed by atoms with Crippen molar-refractivity contribution in [2.24, 2.45) is 5.92 Å². The number of ether oxygens (including phenoxy) is 1. The van der Waals surface area contributed by atoms with Gasteiger partial charge in [0.25, 0.3) is 0 Å². The highest BCUT2D eigenvalue weighted by Crippen LogP contribution is 2.12. The summed E-state index contributed by atoms with van der Waals surface area (Å²) >= 11 is 0. The minimum Gasteiger partial charge on any atom is -0.497 e. The lowest BCUT2D eigenvalue weighted by Gasteiger charge is -2.14. The van der Waals surface area contributed by atoms with Crippen LogP contribution in [0.5, 0.6) is 5.75 Å². The molecule has 0 unspecified atom stereocenters. The Balaban J connectivity index is 2.75. The molecule has 100 valence electrons. The van der Waals surface area contributed by atoms with E-state index in [1.54, 1.807) is 19.4 Å². The molecule has 0 spiro atoms. The number of rotatable bonds is 6. The molecule has 1 aromatic rings. The van der Waals surface area contributed by atoms with Gasteiger partial charge in [-0.3, -0.25) is 4.31 Å². The number of benzene rings is 1. The van der Waals surface area contributed by atoms with Gasteiger partial charge in [-0.15, -0.1) is 0 Å². The molecule has 4 nitrogen and oxygen atoms in total. The maximum Gasteiger partial charge on any atom is 0.224 e. The second-order valence-corrected chi connectivity index (χ2v) is 5.33. The van der Waals surface area contributed by atoms with E-state index in [4.69, 9.17) is 4.74 Å². The normalized spacial score (nSPS) is 11.4. The molecule has 0 saturated carbocycles. The lowest BCUT2D eigenvalue weighted by Crippen LogP contribution is -2.20. The van der Waals surface area contributed by atoms with Crippen LogP contribution >= 0.6 is 0 Å². The van der Waals surface area contributed by atoms with Gasteiger partial charge in [0.05, 0.1) is 7.11 Å². The van der Waals surface area contributed by atoms with E-state index in [1.165, 1.54) is 4.31 Å². The largest absolute Gasteiger partial charge is 0.497 e. The first-order chi connectivity index (χ1) is 8.52. The zero-order chi connectivity index (χ0) is 13.5. The van der Waals surface area contributed by atoms with Gasteiger partial charge in [-0.1, -0.05) is 26.0 Å². The first kappa shape index (κ1) is 14.6. The molecular weight excluding hydrogens is 250 g/mol. The van der Waals surface area contributed by atoms with Crippen LogP contribution in [0.1, 0.15) is 19.4 Å². The summed E-state index contributed by atoms with van der Waals surface area (Å²) < 4.78 is 28.5. The molecule has 0 aliphatic carbocycles. The van der Waals surface area contributed by atoms with Crippen molar-refractivity contribution < 1.29 is 13.2 Å². The van der Waals surface area contributed by atoms with E-state index >= 15 is 0 Å². The minimum atomic E-state index is -2.58. The van der Waals surface area contributed by atoms with Crippen molar-refractivity contribution in [1.29, 1.82) is 0 Å². The first-order valence-corrected chi connectivity index (χ1v) is 6.89. The molecule has 0 fully saturated rings. The molecule has 0 heterocycles. The predicted molar refractivity (Wildman–Crippen MR) is 73.9 cm³/mol. The van der Waals surface area contributed by atoms with Crippen molar-refractivity contribution in [2.45, 2.75) is 13.8 Å². The Labute approximate surface area is 110 Å². The van der Waals surface area contributed by atoms with Crippen LogP contribution in [0.25, 0.3) is 6.08 Å². The van der Waals surface area contributed by atoms with Gasteiger partial charge in [0.1, 0.15) is 5.75 Å². The number of thiol groups is 1. The molecule has 0 aliphatic rings. The zero-order valence-corrected chi connectivity index (χ0v) is 11.8. The molecule has 0 amide bonds. The average molecular weight is 269 g/mol. The molecular formula is C13H19NO3S. The zero-order valence-electron chi connectivity index (χ0n) is 10.9. The molecule has 0 N–H and O–H groups in total. The van der Waals surface area contributed by atoms with E-state index in [0.29, 0.717) is 12.5 Å². The first-order valence-electron chi connectivity index (χ1n) is 5.76. The summed E-state index contributed by atoms with van der Waals surface area (Å²) in [4.78, 5) is 0. The quantitative estimate of drug-likeness (QED) is 0.805. The van der Waals surface area contributed by atoms with Gasteiger partial charge in [0.15, 0.2) is 0 Å². The highest BCUT2D eigenvalue weighted by molar-refractivity contribution is 7.70. The summed E-state index contributed by atoms with van der Waals surface area (Å²) in [5.74, 6) is 1.07. The van der Waals surface area contributed by atoms with E-state index in [-0.39, 0.29) is 0 Å². The molecule has 0 saturated heterocycles. The van der Waals surface area contributed by atoms with Crippen molar-refractivity contribution in [1.82, 2.24) is 4.31 Å². The van der Waals surface area contributed by atoms with Crippen LogP contribution in [0, 0.1) is 5.92 Å². The smallest absolute Gasteiger partial charge is 0.224 e. The van der Waals surface area contributed by atoms with Crippen molar-refractivity contribution in [3.8, 4) is 5.75 Å². The Morgan fingerprint density at radius 3 is 2.33 bits per heavy atom. The van der Waals surface area contributed by atoms with Crippen LogP contribution in [-0.2, 0) is 10.9 Å². The summed E-state index contributed by atoms with van der Waals surface area (Å²) in [6, 6.07) is 7.43. The third kappa shape index (κ3) is 4.79. The summed E-state index contributed by atoms with van der Waals surface area (Å²) in [7, 11) is -0.972. The maximum atomic E-state index is 11.0. The van der Waals surface area contributed by atoms with Gasteiger partial charge in [0.2, 0.25) is 10.9 Å². The molecule has 1 aromatic carbocycles. The predicted octanol–water partition coefficient (Wildman–Crippen LogP) is 2.15. The van der Waals surface area contributed by atoms with E-state index < -0.39 is 10.9 Å². The van der Waals surface area contributed by atoms with Gasteiger partial charge in [-0.25, -0.2) is 8.42 Å². The summed E-state index contributed by atoms with van der Waals surface area (Å²) in [5.41, 5.74) is 0.932. The highest BCUT2D eigenvalue weighted by Gasteiger charge is 2.03. The maximum absolute atomic E-state index is 11.0. The minimum absolute atomic E-state index is 0.290. The fraction of sp³-hybridized carbons (Fsp3) is 0.385. The van der Waals surface area contributed by atoms with Gasteiger partial charge in [-0.05, 0) is 29.7 Å². The molecule has 1 rings (SSSR count). The number of hydrogen-bond donors (Lipinski definition) is 1. The van der Waals surface area contributed by atoms with Crippen molar-refractivity contribution in [2.75, 3.05) is 13.7 Å². The summed E-state index contributed by atoms with van der Waals surface area (Å²) in [6.07, 6.45) is 3.36. The van der Waals surface area contributed by atoms with Crippen LogP contribution in [-0.4, -0.2) is 26.4 Å². The van der Waals surface area contributed by atoms with E-state index in [1.807, 2.05) is 38.1 Å². The van der Waals surface area contributed by atoms with Gasteiger partial charge in [-0.2, -0.15) is 0 Å². The van der Waals surface area contributed by atoms with Crippen LogP contribution in [0.4, 0.5) is 0 Å². The monoisotopic (exact) mass is 269 g/mol. The molecule has 0 aromatic heterocycles. The number of nitrogens with zero attached hydrogens (tertiary/aromatic N) is 1. The molecule has 0 atom stereocenters. The van der Waals surface area contributed by atoms with E-state index in [0.717, 1.165) is 11.3 Å². The number of methoxy groups -OCH3 is 1. The lowest BCUT2D eigenvalue weighted by atomic mass is 10.2. The summed E-state index contributed by atoms with van der Waals surface area (Å²) in [5, 5.41) is 0. The Morgan fingerprint density at radius 1 is 1.28 bits per heavy atom. The molecule has 5 heteroatoms. The van der Waals surface area contributed by atoms with Crippen molar-refractivity contribution in [3.05, 3.63) is 36.0 Å². The van der Waals surface area contributed by atoms with E-state index in [9.17, 15) is 8.42 Å². The van der Waals surface area contributed by atoms with Gasteiger partial charge >= 0.3 is 0 Å². The molecule has 0 radical (unpaired) electrons. The van der Waals surface area contributed by atoms with Crippen molar-refractivity contribution >= 4 is 17.0 Å². The van der Waals surface area contributed by atoms with Crippen LogP contribution in [0.3, 0.4) is 0 Å². The van der Waals surface area contributed by atoms with Crippen LogP contribution < -0.4 is 4.74 Å². The third-order valence-electron chi connectivity index (χ3n) is 2.32. The van der Waals surface area contributed by atoms with Crippen LogP contribution in [0.2, 0.25) is 0 Å². The Bertz CT molecular complexity index is 456. The molecule has 0 bridgehead atoms. The third-order valence-corrected chi connectivity index (χ3v) is 3.03. The SMILES string of the molecule is COc1ccc(C=CN(CC(C)C)[SH](=O)=O)cc1. The lowest BCUT2D eigenvalue weighted by molar-refractivity contribution is 0.415. The fourth-order valence-corrected chi connectivity index (χ4v) is 2.08. The Hall–Kier alpha value is -1.49. The standard InChI is InChI=1S/C13H19NO3S/c1-11(2)10-14(18(15)16)9-8-12-4-6-13(17-3)7-5-12/h4-9,11,18H,10H2,1-3H3. The topological polar surface area (TPSA) is 46.6 Å². The molecule has 0 aliphatic heterocycles. The number of hydrogen-bond acceptors (Lipinski definition) is 3. The van der Waals surface area contributed by atoms with E-state index in [2.05, 4.69) is 0 Å². The molecule has 18 heavy (non-hydrogen) atoms. The van der Waals surface area contributed by atoms with Crippen molar-refractivity contribution in [3.63, 3.8) is 0 Å².